The predicted octanol–water partition coefficient (Wildman–Crippen LogP) is -0.318. The smallest absolute Gasteiger partial charge is 0.196 e. The minimum atomic E-state index is -4.94. The summed E-state index contributed by atoms with van der Waals surface area (Å²) in [5, 5.41) is 5.85. The standard InChI is InChI=1S/C23H17NS.ClHO4/c24-21-13-11-19(12-14-21)23-16-20(17-7-3-1-4-8-17)15-22(25-23)18-9-5-2-6-10-18;2-1(3,4)5/h1-16,24H;(H,2,3,4,5). The van der Waals surface area contributed by atoms with Gasteiger partial charge in [0.15, 0.2) is 5.71 Å². The van der Waals surface area contributed by atoms with Gasteiger partial charge >= 0.3 is 0 Å². The van der Waals surface area contributed by atoms with Gasteiger partial charge in [-0.2, -0.15) is 0 Å². The van der Waals surface area contributed by atoms with Gasteiger partial charge in [0.1, 0.15) is 0 Å². The van der Waals surface area contributed by atoms with Crippen LogP contribution in [0.4, 0.5) is 0 Å². The summed E-state index contributed by atoms with van der Waals surface area (Å²) in [6.45, 7) is 0. The van der Waals surface area contributed by atoms with Crippen molar-refractivity contribution in [3.05, 3.63) is 119 Å². The number of allylic oxidation sites excluding steroid dienone is 8. The summed E-state index contributed by atoms with van der Waals surface area (Å²) in [7, 11) is -4.94. The number of hydrogen-bond donors (Lipinski definition) is 1. The first-order valence-electron chi connectivity index (χ1n) is 8.86. The number of nitrogens with two attached hydrogens (primary N) is 1. The molecule has 1 aliphatic heterocycles. The quantitative estimate of drug-likeness (QED) is 0.688. The molecule has 0 saturated carbocycles. The molecule has 0 aromatic heterocycles. The van der Waals surface area contributed by atoms with E-state index in [1.165, 1.54) is 32.1 Å². The second kappa shape index (κ2) is 9.86. The number of halogens is 1. The zero-order valence-electron chi connectivity index (χ0n) is 15.7. The number of hydrogen-bond acceptors (Lipinski definition) is 5. The molecule has 0 fully saturated rings. The summed E-state index contributed by atoms with van der Waals surface area (Å²) in [4.78, 5) is 2.49. The summed E-state index contributed by atoms with van der Waals surface area (Å²) in [6.07, 6.45) is 12.6. The van der Waals surface area contributed by atoms with Crippen LogP contribution in [0.15, 0.2) is 108 Å². The van der Waals surface area contributed by atoms with Crippen LogP contribution in [0.3, 0.4) is 0 Å². The topological polar surface area (TPSA) is 118 Å². The van der Waals surface area contributed by atoms with Crippen molar-refractivity contribution in [3.8, 4) is 0 Å². The Bertz CT molecular complexity index is 1040. The maximum absolute atomic E-state index is 8.49. The van der Waals surface area contributed by atoms with E-state index < -0.39 is 10.2 Å². The summed E-state index contributed by atoms with van der Waals surface area (Å²) in [6, 6.07) is 21.1. The van der Waals surface area contributed by atoms with Crippen molar-refractivity contribution in [3.63, 3.8) is 0 Å². The van der Waals surface area contributed by atoms with E-state index in [1.807, 2.05) is 18.2 Å². The zero-order chi connectivity index (χ0) is 21.6. The molecule has 0 amide bonds. The number of thioether (sulfide) groups is 1. The molecule has 152 valence electrons. The molecule has 7 heteroatoms. The molecule has 2 aromatic rings. The largest absolute Gasteiger partial charge is 0.254 e. The van der Waals surface area contributed by atoms with Crippen molar-refractivity contribution in [2.75, 3.05) is 0 Å². The minimum Gasteiger partial charge on any atom is -0.254 e. The van der Waals surface area contributed by atoms with Gasteiger partial charge in [0.05, 0.1) is 0 Å². The first-order valence-corrected chi connectivity index (χ1v) is 10.9. The normalized spacial score (nSPS) is 15.9. The van der Waals surface area contributed by atoms with Crippen molar-refractivity contribution < 1.29 is 34.3 Å². The van der Waals surface area contributed by atoms with Gasteiger partial charge in [0.25, 0.3) is 0 Å². The van der Waals surface area contributed by atoms with Crippen LogP contribution in [0.2, 0.25) is 0 Å². The van der Waals surface area contributed by atoms with Gasteiger partial charge in [0.2, 0.25) is 0 Å². The maximum atomic E-state index is 8.49. The molecule has 0 spiro atoms. The number of benzene rings is 2. The maximum Gasteiger partial charge on any atom is 0.196 e. The summed E-state index contributed by atoms with van der Waals surface area (Å²) in [5.41, 5.74) is 5.67. The van der Waals surface area contributed by atoms with E-state index in [-0.39, 0.29) is 0 Å². The highest BCUT2D eigenvalue weighted by molar-refractivity contribution is 8.12. The predicted molar refractivity (Wildman–Crippen MR) is 109 cm³/mol. The van der Waals surface area contributed by atoms with Gasteiger partial charge in [-0.1, -0.05) is 72.4 Å². The Morgan fingerprint density at radius 1 is 0.667 bits per heavy atom. The molecule has 0 bridgehead atoms. The van der Waals surface area contributed by atoms with Crippen LogP contribution < -0.4 is 24.0 Å². The monoisotopic (exact) mass is 439 g/mol. The van der Waals surface area contributed by atoms with Gasteiger partial charge in [-0.05, 0) is 46.6 Å². The van der Waals surface area contributed by atoms with E-state index in [9.17, 15) is 0 Å². The molecule has 2 N–H and O–H groups in total. The van der Waals surface area contributed by atoms with Gasteiger partial charge in [-0.3, -0.25) is 5.41 Å². The third-order valence-corrected chi connectivity index (χ3v) is 5.30. The van der Waals surface area contributed by atoms with Gasteiger partial charge in [-0.25, -0.2) is 18.6 Å². The molecule has 0 saturated heterocycles. The van der Waals surface area contributed by atoms with Crippen molar-refractivity contribution in [2.24, 2.45) is 0 Å². The van der Waals surface area contributed by atoms with Crippen molar-refractivity contribution in [2.45, 2.75) is 0 Å². The van der Waals surface area contributed by atoms with E-state index in [0.717, 1.165) is 5.71 Å². The first kappa shape index (κ1) is 22.0. The molecule has 30 heavy (non-hydrogen) atoms. The molecule has 0 radical (unpaired) electrons. The third-order valence-electron chi connectivity index (χ3n) is 4.15. The second-order valence-electron chi connectivity index (χ2n) is 6.31. The summed E-state index contributed by atoms with van der Waals surface area (Å²) in [5.74, 6) is 0. The fourth-order valence-electron chi connectivity index (χ4n) is 2.83. The van der Waals surface area contributed by atoms with E-state index in [1.54, 1.807) is 11.8 Å². The van der Waals surface area contributed by atoms with E-state index in [4.69, 9.17) is 24.0 Å². The van der Waals surface area contributed by atoms with E-state index in [2.05, 4.69) is 78.9 Å². The van der Waals surface area contributed by atoms with Crippen LogP contribution >= 0.6 is 11.8 Å². The molecular formula is C23H18ClNO4S. The van der Waals surface area contributed by atoms with Crippen LogP contribution in [-0.4, -0.2) is 5.71 Å². The van der Waals surface area contributed by atoms with Gasteiger partial charge in [0, 0.05) is 22.0 Å². The molecule has 1 aliphatic carbocycles. The molecule has 2 aliphatic rings. The molecule has 0 unspecified atom stereocenters. The Morgan fingerprint density at radius 3 is 1.70 bits per heavy atom. The molecule has 5 nitrogen and oxygen atoms in total. The molecule has 4 rings (SSSR count). The lowest BCUT2D eigenvalue weighted by Gasteiger charge is -2.18. The zero-order valence-corrected chi connectivity index (χ0v) is 17.3. The van der Waals surface area contributed by atoms with Crippen LogP contribution in [0.25, 0.3) is 10.5 Å². The summed E-state index contributed by atoms with van der Waals surface area (Å²) >= 11 is 1.80. The molecular weight excluding hydrogens is 422 g/mol. The van der Waals surface area contributed by atoms with Crippen molar-refractivity contribution in [1.29, 1.82) is 0 Å². The average Bonchev–Trinajstić information content (AvgIpc) is 2.74. The lowest BCUT2D eigenvalue weighted by atomic mass is 10.0. The fourth-order valence-corrected chi connectivity index (χ4v) is 3.95. The Balaban J connectivity index is 0.000000461. The fraction of sp³-hybridized carbons (Fsp3) is 0. The SMILES string of the molecule is [NH2+]=C1C=CC(=C2C=C(c3ccccc3)C=C(c3ccccc3)S2)C=C1.[O-][Cl+3]([O-])([O-])[O-]. The number of rotatable bonds is 2. The summed E-state index contributed by atoms with van der Waals surface area (Å²) < 4.78 is 34.0. The van der Waals surface area contributed by atoms with E-state index >= 15 is 0 Å². The minimum absolute atomic E-state index is 0.788. The van der Waals surface area contributed by atoms with Crippen LogP contribution in [0.5, 0.6) is 0 Å². The Kier molecular flexibility index (Phi) is 7.23. The van der Waals surface area contributed by atoms with Gasteiger partial charge < -0.3 is 0 Å². The van der Waals surface area contributed by atoms with Crippen molar-refractivity contribution in [1.82, 2.24) is 0 Å². The average molecular weight is 440 g/mol. The lowest BCUT2D eigenvalue weighted by molar-refractivity contribution is -2.00. The molecule has 1 heterocycles. The first-order chi connectivity index (χ1) is 14.3. The molecule has 0 atom stereocenters. The van der Waals surface area contributed by atoms with Crippen molar-refractivity contribution >= 4 is 28.0 Å². The third kappa shape index (κ3) is 6.67. The Hall–Kier alpha value is -2.71. The van der Waals surface area contributed by atoms with Gasteiger partial charge in [-0.15, -0.1) is 10.2 Å². The van der Waals surface area contributed by atoms with Crippen LogP contribution in [-0.2, 0) is 0 Å². The Morgan fingerprint density at radius 2 is 1.17 bits per heavy atom. The van der Waals surface area contributed by atoms with Crippen LogP contribution in [0.1, 0.15) is 11.1 Å². The second-order valence-corrected chi connectivity index (χ2v) is 8.15. The van der Waals surface area contributed by atoms with E-state index in [0.29, 0.717) is 0 Å². The Labute approximate surface area is 180 Å². The highest BCUT2D eigenvalue weighted by Crippen LogP contribution is 2.43. The molecule has 2 aromatic carbocycles. The highest BCUT2D eigenvalue weighted by Gasteiger charge is 2.16. The highest BCUT2D eigenvalue weighted by atomic mass is 35.7. The lowest BCUT2D eigenvalue weighted by Crippen LogP contribution is -2.68. The van der Waals surface area contributed by atoms with Crippen LogP contribution in [0, 0.1) is 10.2 Å².